The monoisotopic (exact) mass is 260 g/mol. The van der Waals surface area contributed by atoms with Crippen molar-refractivity contribution in [1.29, 1.82) is 0 Å². The van der Waals surface area contributed by atoms with Crippen molar-refractivity contribution in [2.75, 3.05) is 0 Å². The summed E-state index contributed by atoms with van der Waals surface area (Å²) in [4.78, 5) is 11.2. The molecule has 0 aliphatic heterocycles. The topological polar surface area (TPSA) is 26.3 Å². The van der Waals surface area contributed by atoms with E-state index in [0.29, 0.717) is 16.3 Å². The fourth-order valence-electron chi connectivity index (χ4n) is 1.61. The molecule has 2 aromatic carbocycles. The molecule has 0 saturated heterocycles. The predicted octanol–water partition coefficient (Wildman–Crippen LogP) is 4.64. The van der Waals surface area contributed by atoms with E-state index < -0.39 is 0 Å². The van der Waals surface area contributed by atoms with Crippen molar-refractivity contribution in [1.82, 2.24) is 0 Å². The number of hydrogen-bond acceptors (Lipinski definition) is 2. The molecule has 0 amide bonds. The Morgan fingerprint density at radius 3 is 2.33 bits per heavy atom. The van der Waals surface area contributed by atoms with E-state index in [0.717, 1.165) is 11.3 Å². The van der Waals surface area contributed by atoms with E-state index in [2.05, 4.69) is 0 Å². The lowest BCUT2D eigenvalue weighted by Crippen LogP contribution is -1.92. The van der Waals surface area contributed by atoms with Crippen molar-refractivity contribution >= 4 is 17.4 Å². The van der Waals surface area contributed by atoms with Gasteiger partial charge in [-0.2, -0.15) is 0 Å². The molecule has 0 unspecified atom stereocenters. The Labute approximate surface area is 111 Å². The molecule has 0 heterocycles. The lowest BCUT2D eigenvalue weighted by Gasteiger charge is -2.09. The smallest absolute Gasteiger partial charge is 0.159 e. The first-order valence-electron chi connectivity index (χ1n) is 5.61. The fraction of sp³-hybridized carbons (Fsp3) is 0.133. The van der Waals surface area contributed by atoms with Crippen molar-refractivity contribution in [2.24, 2.45) is 0 Å². The molecule has 0 saturated carbocycles. The fourth-order valence-corrected chi connectivity index (χ4v) is 1.84. The standard InChI is InChI=1S/C15H13ClO2/c1-10-9-13(16)5-8-15(10)18-14-6-3-12(4-7-14)11(2)17/h3-9H,1-2H3. The van der Waals surface area contributed by atoms with Gasteiger partial charge in [0.2, 0.25) is 0 Å². The second-order valence-electron chi connectivity index (χ2n) is 4.09. The van der Waals surface area contributed by atoms with Crippen LogP contribution < -0.4 is 4.74 Å². The van der Waals surface area contributed by atoms with Gasteiger partial charge in [0.25, 0.3) is 0 Å². The van der Waals surface area contributed by atoms with Gasteiger partial charge in [0, 0.05) is 10.6 Å². The van der Waals surface area contributed by atoms with Gasteiger partial charge < -0.3 is 4.74 Å². The maximum Gasteiger partial charge on any atom is 0.159 e. The number of carbonyl (C=O) groups excluding carboxylic acids is 1. The minimum atomic E-state index is 0.0456. The Kier molecular flexibility index (Phi) is 3.68. The lowest BCUT2D eigenvalue weighted by molar-refractivity contribution is 0.101. The number of Topliss-reactive ketones (excluding diaryl/α,β-unsaturated/α-hetero) is 1. The van der Waals surface area contributed by atoms with Crippen LogP contribution in [0.15, 0.2) is 42.5 Å². The molecule has 0 radical (unpaired) electrons. The zero-order chi connectivity index (χ0) is 13.1. The van der Waals surface area contributed by atoms with Gasteiger partial charge in [0.15, 0.2) is 5.78 Å². The summed E-state index contributed by atoms with van der Waals surface area (Å²) < 4.78 is 5.73. The van der Waals surface area contributed by atoms with Gasteiger partial charge in [-0.15, -0.1) is 0 Å². The van der Waals surface area contributed by atoms with Crippen molar-refractivity contribution in [3.63, 3.8) is 0 Å². The summed E-state index contributed by atoms with van der Waals surface area (Å²) in [5.74, 6) is 1.50. The second kappa shape index (κ2) is 5.23. The largest absolute Gasteiger partial charge is 0.457 e. The summed E-state index contributed by atoms with van der Waals surface area (Å²) in [6.07, 6.45) is 0. The van der Waals surface area contributed by atoms with E-state index in [9.17, 15) is 4.79 Å². The van der Waals surface area contributed by atoms with Gasteiger partial charge in [-0.1, -0.05) is 11.6 Å². The Balaban J connectivity index is 2.21. The van der Waals surface area contributed by atoms with Crippen LogP contribution in [-0.4, -0.2) is 5.78 Å². The summed E-state index contributed by atoms with van der Waals surface area (Å²) in [5.41, 5.74) is 1.65. The number of benzene rings is 2. The second-order valence-corrected chi connectivity index (χ2v) is 4.53. The maximum atomic E-state index is 11.2. The van der Waals surface area contributed by atoms with Gasteiger partial charge in [-0.05, 0) is 61.9 Å². The highest BCUT2D eigenvalue weighted by Crippen LogP contribution is 2.27. The van der Waals surface area contributed by atoms with Gasteiger partial charge in [-0.3, -0.25) is 4.79 Å². The zero-order valence-corrected chi connectivity index (χ0v) is 11.0. The molecule has 0 aromatic heterocycles. The summed E-state index contributed by atoms with van der Waals surface area (Å²) in [5, 5.41) is 0.687. The lowest BCUT2D eigenvalue weighted by atomic mass is 10.1. The van der Waals surface area contributed by atoms with Crippen LogP contribution in [-0.2, 0) is 0 Å². The molecule has 2 rings (SSSR count). The summed E-state index contributed by atoms with van der Waals surface area (Å²) in [6, 6.07) is 12.5. The Hall–Kier alpha value is -1.80. The van der Waals surface area contributed by atoms with Crippen LogP contribution in [0.1, 0.15) is 22.8 Å². The van der Waals surface area contributed by atoms with Crippen LogP contribution in [0.25, 0.3) is 0 Å². The van der Waals surface area contributed by atoms with E-state index >= 15 is 0 Å². The molecule has 0 spiro atoms. The van der Waals surface area contributed by atoms with Gasteiger partial charge in [0.05, 0.1) is 0 Å². The Morgan fingerprint density at radius 1 is 1.11 bits per heavy atom. The van der Waals surface area contributed by atoms with E-state index in [1.54, 1.807) is 37.3 Å². The van der Waals surface area contributed by atoms with Crippen LogP contribution in [0.2, 0.25) is 5.02 Å². The molecule has 3 heteroatoms. The molecule has 0 aliphatic carbocycles. The van der Waals surface area contributed by atoms with Crippen molar-refractivity contribution in [3.8, 4) is 11.5 Å². The molecule has 0 aliphatic rings. The van der Waals surface area contributed by atoms with E-state index in [4.69, 9.17) is 16.3 Å². The number of carbonyl (C=O) groups is 1. The predicted molar refractivity (Wildman–Crippen MR) is 72.7 cm³/mol. The summed E-state index contributed by atoms with van der Waals surface area (Å²) in [6.45, 7) is 3.48. The highest BCUT2D eigenvalue weighted by molar-refractivity contribution is 6.30. The third kappa shape index (κ3) is 2.90. The average Bonchev–Trinajstić information content (AvgIpc) is 2.33. The maximum absolute atomic E-state index is 11.2. The van der Waals surface area contributed by atoms with Gasteiger partial charge >= 0.3 is 0 Å². The molecule has 0 bridgehead atoms. The van der Waals surface area contributed by atoms with E-state index in [1.165, 1.54) is 0 Å². The number of aryl methyl sites for hydroxylation is 1. The highest BCUT2D eigenvalue weighted by atomic mass is 35.5. The third-order valence-electron chi connectivity index (χ3n) is 2.63. The Morgan fingerprint density at radius 2 is 1.78 bits per heavy atom. The first kappa shape index (κ1) is 12.7. The van der Waals surface area contributed by atoms with Crippen LogP contribution in [0.3, 0.4) is 0 Å². The number of rotatable bonds is 3. The van der Waals surface area contributed by atoms with Crippen LogP contribution >= 0.6 is 11.6 Å². The number of ether oxygens (including phenoxy) is 1. The molecule has 92 valence electrons. The molecule has 0 N–H and O–H groups in total. The van der Waals surface area contributed by atoms with Gasteiger partial charge in [0.1, 0.15) is 11.5 Å². The molecule has 0 fully saturated rings. The normalized spacial score (nSPS) is 10.2. The molecule has 2 nitrogen and oxygen atoms in total. The molecule has 2 aromatic rings. The van der Waals surface area contributed by atoms with Crippen molar-refractivity contribution < 1.29 is 9.53 Å². The number of hydrogen-bond donors (Lipinski definition) is 0. The van der Waals surface area contributed by atoms with Crippen molar-refractivity contribution in [3.05, 3.63) is 58.6 Å². The van der Waals surface area contributed by atoms with E-state index in [-0.39, 0.29) is 5.78 Å². The average molecular weight is 261 g/mol. The molecular formula is C15H13ClO2. The molecular weight excluding hydrogens is 248 g/mol. The first-order valence-corrected chi connectivity index (χ1v) is 5.99. The summed E-state index contributed by atoms with van der Waals surface area (Å²) in [7, 11) is 0. The molecule has 18 heavy (non-hydrogen) atoms. The number of halogens is 1. The van der Waals surface area contributed by atoms with Crippen LogP contribution in [0, 0.1) is 6.92 Å². The first-order chi connectivity index (χ1) is 8.56. The van der Waals surface area contributed by atoms with Crippen LogP contribution in [0.5, 0.6) is 11.5 Å². The van der Waals surface area contributed by atoms with E-state index in [1.807, 2.05) is 19.1 Å². The summed E-state index contributed by atoms with van der Waals surface area (Å²) >= 11 is 5.88. The zero-order valence-electron chi connectivity index (χ0n) is 10.2. The number of ketones is 1. The minimum absolute atomic E-state index is 0.0456. The SMILES string of the molecule is CC(=O)c1ccc(Oc2ccc(Cl)cc2C)cc1. The highest BCUT2D eigenvalue weighted by Gasteiger charge is 2.03. The quantitative estimate of drug-likeness (QED) is 0.752. The Bertz CT molecular complexity index is 574. The van der Waals surface area contributed by atoms with Crippen LogP contribution in [0.4, 0.5) is 0 Å². The van der Waals surface area contributed by atoms with Crippen molar-refractivity contribution in [2.45, 2.75) is 13.8 Å². The third-order valence-corrected chi connectivity index (χ3v) is 2.86. The molecule has 0 atom stereocenters. The minimum Gasteiger partial charge on any atom is -0.457 e. The van der Waals surface area contributed by atoms with Gasteiger partial charge in [-0.25, -0.2) is 0 Å².